The van der Waals surface area contributed by atoms with Gasteiger partial charge in [0, 0.05) is 11.4 Å². The number of hydrogen-bond donors (Lipinski definition) is 1. The molecule has 1 aromatic carbocycles. The lowest BCUT2D eigenvalue weighted by molar-refractivity contribution is 0.0333. The van der Waals surface area contributed by atoms with E-state index < -0.39 is 28.6 Å². The molecule has 0 saturated heterocycles. The minimum absolute atomic E-state index is 0.186. The molecule has 0 saturated carbocycles. The van der Waals surface area contributed by atoms with E-state index >= 15 is 0 Å². The Morgan fingerprint density at radius 1 is 1.25 bits per heavy atom. The first-order chi connectivity index (χ1) is 9.30. The van der Waals surface area contributed by atoms with E-state index in [4.69, 9.17) is 4.74 Å². The fourth-order valence-electron chi connectivity index (χ4n) is 1.35. The third-order valence-electron chi connectivity index (χ3n) is 2.53. The first kappa shape index (κ1) is 17.4. The molecule has 0 spiro atoms. The standard InChI is InChI=1S/C14H21F2NO2S/c1-14(2,3)20(18)17-12(13(15)16)10-19-9-11-7-5-4-6-8-11/h4-8,12-13,17H,9-10H2,1-3H3/t12-,20?/m0/s1. The smallest absolute Gasteiger partial charge is 0.260 e. The van der Waals surface area contributed by atoms with Crippen molar-refractivity contribution in [3.8, 4) is 0 Å². The number of benzene rings is 1. The van der Waals surface area contributed by atoms with Crippen LogP contribution < -0.4 is 4.72 Å². The molecular formula is C14H21F2NO2S. The predicted octanol–water partition coefficient (Wildman–Crippen LogP) is 2.89. The van der Waals surface area contributed by atoms with Crippen LogP contribution in [0.3, 0.4) is 0 Å². The van der Waals surface area contributed by atoms with Gasteiger partial charge in [0.2, 0.25) is 0 Å². The third kappa shape index (κ3) is 6.17. The fraction of sp³-hybridized carbons (Fsp3) is 0.571. The molecule has 0 radical (unpaired) electrons. The minimum Gasteiger partial charge on any atom is -0.598 e. The average molecular weight is 305 g/mol. The summed E-state index contributed by atoms with van der Waals surface area (Å²) < 4.78 is 44.7. The Hall–Kier alpha value is -0.690. The molecule has 0 aliphatic rings. The van der Waals surface area contributed by atoms with E-state index in [1.165, 1.54) is 0 Å². The van der Waals surface area contributed by atoms with Crippen LogP contribution in [0.5, 0.6) is 0 Å². The van der Waals surface area contributed by atoms with Crippen LogP contribution in [0, 0.1) is 0 Å². The summed E-state index contributed by atoms with van der Waals surface area (Å²) in [5, 5.41) is 0. The molecule has 3 nitrogen and oxygen atoms in total. The Labute approximate surface area is 122 Å². The summed E-state index contributed by atoms with van der Waals surface area (Å²) in [6.07, 6.45) is -2.63. The molecule has 2 atom stereocenters. The normalized spacial score (nSPS) is 15.3. The van der Waals surface area contributed by atoms with Gasteiger partial charge in [0.1, 0.15) is 10.8 Å². The van der Waals surface area contributed by atoms with E-state index in [1.54, 1.807) is 20.8 Å². The predicted molar refractivity (Wildman–Crippen MR) is 76.9 cm³/mol. The van der Waals surface area contributed by atoms with Crippen molar-refractivity contribution in [1.29, 1.82) is 0 Å². The van der Waals surface area contributed by atoms with Gasteiger partial charge in [0.25, 0.3) is 6.43 Å². The van der Waals surface area contributed by atoms with Gasteiger partial charge in [-0.1, -0.05) is 30.3 Å². The van der Waals surface area contributed by atoms with Crippen molar-refractivity contribution in [3.05, 3.63) is 35.9 Å². The quantitative estimate of drug-likeness (QED) is 0.788. The van der Waals surface area contributed by atoms with Crippen molar-refractivity contribution < 1.29 is 18.1 Å². The summed E-state index contributed by atoms with van der Waals surface area (Å²) in [7, 11) is 0. The number of rotatable bonds is 7. The molecule has 1 unspecified atom stereocenters. The van der Waals surface area contributed by atoms with Gasteiger partial charge in [-0.05, 0) is 26.3 Å². The first-order valence-electron chi connectivity index (χ1n) is 6.38. The van der Waals surface area contributed by atoms with Gasteiger partial charge in [-0.2, -0.15) is 0 Å². The van der Waals surface area contributed by atoms with E-state index in [9.17, 15) is 13.3 Å². The highest BCUT2D eigenvalue weighted by molar-refractivity contribution is 7.90. The molecule has 114 valence electrons. The second-order valence-electron chi connectivity index (χ2n) is 5.44. The summed E-state index contributed by atoms with van der Waals surface area (Å²) in [5.74, 6) is 0. The van der Waals surface area contributed by atoms with E-state index in [2.05, 4.69) is 4.72 Å². The maximum Gasteiger partial charge on any atom is 0.260 e. The summed E-state index contributed by atoms with van der Waals surface area (Å²) in [6, 6.07) is 8.07. The highest BCUT2D eigenvalue weighted by Gasteiger charge is 2.33. The SMILES string of the molecule is CC(C)(C)[S+]([O-])N[C@@H](COCc1ccccc1)C(F)F. The molecule has 0 aliphatic heterocycles. The second kappa shape index (κ2) is 7.93. The summed E-state index contributed by atoms with van der Waals surface area (Å²) in [5.41, 5.74) is 0.914. The number of hydrogen-bond acceptors (Lipinski definition) is 3. The number of alkyl halides is 2. The Balaban J connectivity index is 2.44. The lowest BCUT2D eigenvalue weighted by Gasteiger charge is -2.27. The largest absolute Gasteiger partial charge is 0.598 e. The molecule has 20 heavy (non-hydrogen) atoms. The molecule has 0 heterocycles. The monoisotopic (exact) mass is 305 g/mol. The number of nitrogens with one attached hydrogen (secondary N) is 1. The van der Waals surface area contributed by atoms with Crippen LogP contribution in [-0.4, -0.2) is 28.4 Å². The molecule has 1 aromatic rings. The van der Waals surface area contributed by atoms with Crippen LogP contribution in [0.4, 0.5) is 8.78 Å². The molecule has 1 N–H and O–H groups in total. The highest BCUT2D eigenvalue weighted by atomic mass is 32.2. The Morgan fingerprint density at radius 3 is 2.35 bits per heavy atom. The van der Waals surface area contributed by atoms with Gasteiger partial charge in [0.05, 0.1) is 13.2 Å². The van der Waals surface area contributed by atoms with Crippen LogP contribution in [0.1, 0.15) is 26.3 Å². The topological polar surface area (TPSA) is 44.3 Å². The van der Waals surface area contributed by atoms with Gasteiger partial charge < -0.3 is 9.29 Å². The first-order valence-corrected chi connectivity index (χ1v) is 7.53. The van der Waals surface area contributed by atoms with Gasteiger partial charge in [-0.25, -0.2) is 8.78 Å². The van der Waals surface area contributed by atoms with Crippen LogP contribution in [-0.2, 0) is 22.7 Å². The van der Waals surface area contributed by atoms with Crippen molar-refractivity contribution in [3.63, 3.8) is 0 Å². The third-order valence-corrected chi connectivity index (χ3v) is 4.16. The van der Waals surface area contributed by atoms with E-state index in [0.29, 0.717) is 0 Å². The summed E-state index contributed by atoms with van der Waals surface area (Å²) in [4.78, 5) is 0. The Morgan fingerprint density at radius 2 is 1.85 bits per heavy atom. The molecule has 0 fully saturated rings. The van der Waals surface area contributed by atoms with Crippen molar-refractivity contribution in [2.75, 3.05) is 6.61 Å². The van der Waals surface area contributed by atoms with Gasteiger partial charge in [-0.15, -0.1) is 4.72 Å². The summed E-state index contributed by atoms with van der Waals surface area (Å²) in [6.45, 7) is 5.25. The molecule has 6 heteroatoms. The zero-order valence-corrected chi connectivity index (χ0v) is 12.8. The highest BCUT2D eigenvalue weighted by Crippen LogP contribution is 2.16. The molecule has 1 rings (SSSR count). The van der Waals surface area contributed by atoms with Crippen molar-refractivity contribution >= 4 is 11.4 Å². The van der Waals surface area contributed by atoms with Crippen LogP contribution >= 0.6 is 0 Å². The second-order valence-corrected chi connectivity index (χ2v) is 7.44. The molecule has 0 amide bonds. The maximum absolute atomic E-state index is 12.9. The van der Waals surface area contributed by atoms with Crippen LogP contribution in [0.25, 0.3) is 0 Å². The number of halogens is 2. The molecular weight excluding hydrogens is 284 g/mol. The minimum atomic E-state index is -2.63. The Kier molecular flexibility index (Phi) is 6.88. The maximum atomic E-state index is 12.9. The summed E-state index contributed by atoms with van der Waals surface area (Å²) >= 11 is -1.55. The van der Waals surface area contributed by atoms with Crippen molar-refractivity contribution in [2.24, 2.45) is 0 Å². The average Bonchev–Trinajstić information content (AvgIpc) is 2.37. The van der Waals surface area contributed by atoms with E-state index in [1.807, 2.05) is 30.3 Å². The van der Waals surface area contributed by atoms with E-state index in [-0.39, 0.29) is 13.2 Å². The molecule has 0 bridgehead atoms. The Bertz CT molecular complexity index is 385. The van der Waals surface area contributed by atoms with E-state index in [0.717, 1.165) is 5.56 Å². The van der Waals surface area contributed by atoms with Crippen LogP contribution in [0.2, 0.25) is 0 Å². The van der Waals surface area contributed by atoms with Gasteiger partial charge >= 0.3 is 0 Å². The van der Waals surface area contributed by atoms with Crippen molar-refractivity contribution in [1.82, 2.24) is 4.72 Å². The lowest BCUT2D eigenvalue weighted by Crippen LogP contribution is -2.49. The molecule has 0 aromatic heterocycles. The van der Waals surface area contributed by atoms with Crippen molar-refractivity contribution in [2.45, 2.75) is 44.6 Å². The lowest BCUT2D eigenvalue weighted by atomic mass is 10.2. The molecule has 0 aliphatic carbocycles. The van der Waals surface area contributed by atoms with Gasteiger partial charge in [-0.3, -0.25) is 0 Å². The van der Waals surface area contributed by atoms with Gasteiger partial charge in [0.15, 0.2) is 0 Å². The van der Waals surface area contributed by atoms with Crippen LogP contribution in [0.15, 0.2) is 30.3 Å². The zero-order chi connectivity index (χ0) is 15.2. The number of ether oxygens (including phenoxy) is 1. The fourth-order valence-corrected chi connectivity index (χ4v) is 2.15. The zero-order valence-electron chi connectivity index (χ0n) is 11.9.